The zero-order chi connectivity index (χ0) is 26.0. The Balaban J connectivity index is 1.66. The number of hydrogen-bond donors (Lipinski definition) is 0. The minimum atomic E-state index is -1.97. The first kappa shape index (κ1) is 28.1. The van der Waals surface area contributed by atoms with Crippen LogP contribution in [0.15, 0.2) is 16.9 Å². The fourth-order valence-electron chi connectivity index (χ4n) is 3.65. The number of allylic oxidation sites excluding steroid dienone is 1. The maximum Gasteiger partial charge on any atom is 0.355 e. The van der Waals surface area contributed by atoms with E-state index in [0.29, 0.717) is 18.9 Å². The standard InChI is InChI=1S/C23H41N5O4SSi2/c1-23(2,3)35(7,8)32-15-17-20(29)28-19(22(30)31-13-14-34(4,5)6)18(33-21(17)28)11-9-10-12-27-16-24-25-26-27/h16-17,21H,9-15H2,1-8H3/t17-,21+/m0/s1. The molecule has 0 radical (unpaired) electrons. The van der Waals surface area contributed by atoms with Gasteiger partial charge in [0, 0.05) is 26.1 Å². The minimum Gasteiger partial charge on any atom is -0.461 e. The summed E-state index contributed by atoms with van der Waals surface area (Å²) < 4.78 is 13.7. The van der Waals surface area contributed by atoms with Crippen molar-refractivity contribution in [3.8, 4) is 0 Å². The molecule has 12 heteroatoms. The molecule has 35 heavy (non-hydrogen) atoms. The molecule has 1 aromatic heterocycles. The van der Waals surface area contributed by atoms with Gasteiger partial charge in [-0.2, -0.15) is 0 Å². The summed E-state index contributed by atoms with van der Waals surface area (Å²) >= 11 is 1.63. The summed E-state index contributed by atoms with van der Waals surface area (Å²) in [5, 5.41) is 11.2. The van der Waals surface area contributed by atoms with Gasteiger partial charge in [0.05, 0.1) is 12.5 Å². The number of hydrogen-bond acceptors (Lipinski definition) is 8. The highest BCUT2D eigenvalue weighted by atomic mass is 32.2. The number of thioether (sulfide) groups is 1. The number of rotatable bonds is 12. The molecule has 2 aliphatic heterocycles. The molecule has 3 heterocycles. The highest BCUT2D eigenvalue weighted by Gasteiger charge is 2.56. The first-order valence-electron chi connectivity index (χ1n) is 12.5. The molecule has 0 unspecified atom stereocenters. The van der Waals surface area contributed by atoms with E-state index in [0.717, 1.165) is 36.8 Å². The molecule has 1 saturated heterocycles. The SMILES string of the molecule is CC(C)(C)[Si](C)(C)OC[C@H]1C(=O)N2C(C(=O)OCC[Si](C)(C)C)=C(CCCCn3cnnn3)S[C@H]12. The Bertz CT molecular complexity index is 941. The fourth-order valence-corrected chi connectivity index (χ4v) is 6.91. The number of unbranched alkanes of at least 4 members (excludes halogenated alkanes) is 1. The van der Waals surface area contributed by atoms with Crippen LogP contribution in [0.5, 0.6) is 0 Å². The lowest BCUT2D eigenvalue weighted by Crippen LogP contribution is -2.60. The number of ether oxygens (including phenoxy) is 1. The number of β-lactam (4-membered cyclic amide) rings is 1. The van der Waals surface area contributed by atoms with Gasteiger partial charge in [0.25, 0.3) is 0 Å². The maximum atomic E-state index is 13.2. The third-order valence-electron chi connectivity index (χ3n) is 7.06. The lowest BCUT2D eigenvalue weighted by atomic mass is 9.98. The van der Waals surface area contributed by atoms with Crippen LogP contribution in [0.3, 0.4) is 0 Å². The molecule has 2 aliphatic rings. The summed E-state index contributed by atoms with van der Waals surface area (Å²) in [6.45, 7) is 19.3. The van der Waals surface area contributed by atoms with Crippen LogP contribution in [-0.2, 0) is 25.3 Å². The van der Waals surface area contributed by atoms with Crippen LogP contribution in [0.25, 0.3) is 0 Å². The highest BCUT2D eigenvalue weighted by molar-refractivity contribution is 8.04. The van der Waals surface area contributed by atoms with E-state index in [1.54, 1.807) is 27.7 Å². The number of carbonyl (C=O) groups excluding carboxylic acids is 2. The van der Waals surface area contributed by atoms with E-state index in [-0.39, 0.29) is 28.2 Å². The van der Waals surface area contributed by atoms with E-state index in [1.807, 2.05) is 0 Å². The molecule has 1 amide bonds. The second-order valence-electron chi connectivity index (χ2n) is 12.1. The van der Waals surface area contributed by atoms with Crippen molar-refractivity contribution in [2.75, 3.05) is 13.2 Å². The first-order valence-corrected chi connectivity index (χ1v) is 20.0. The molecule has 1 fully saturated rings. The number of fused-ring (bicyclic) bond motifs is 1. The molecule has 0 bridgehead atoms. The Labute approximate surface area is 215 Å². The molecule has 196 valence electrons. The third kappa shape index (κ3) is 6.83. The Morgan fingerprint density at radius 2 is 1.89 bits per heavy atom. The van der Waals surface area contributed by atoms with Crippen LogP contribution < -0.4 is 0 Å². The van der Waals surface area contributed by atoms with E-state index >= 15 is 0 Å². The number of amides is 1. The van der Waals surface area contributed by atoms with Gasteiger partial charge in [-0.15, -0.1) is 16.9 Å². The zero-order valence-corrected chi connectivity index (χ0v) is 25.3. The summed E-state index contributed by atoms with van der Waals surface area (Å²) in [6, 6.07) is 0.904. The van der Waals surface area contributed by atoms with E-state index in [4.69, 9.17) is 9.16 Å². The van der Waals surface area contributed by atoms with E-state index in [9.17, 15) is 9.59 Å². The van der Waals surface area contributed by atoms with Crippen molar-refractivity contribution >= 4 is 40.0 Å². The summed E-state index contributed by atoms with van der Waals surface area (Å²) in [7, 11) is -3.30. The van der Waals surface area contributed by atoms with Gasteiger partial charge in [-0.05, 0) is 53.9 Å². The topological polar surface area (TPSA) is 99.4 Å². The summed E-state index contributed by atoms with van der Waals surface area (Å²) in [5.41, 5.74) is 0.451. The van der Waals surface area contributed by atoms with Crippen molar-refractivity contribution in [3.63, 3.8) is 0 Å². The second-order valence-corrected chi connectivity index (χ2v) is 23.8. The van der Waals surface area contributed by atoms with Crippen LogP contribution in [0, 0.1) is 5.92 Å². The monoisotopic (exact) mass is 539 g/mol. The van der Waals surface area contributed by atoms with Gasteiger partial charge >= 0.3 is 5.97 Å². The van der Waals surface area contributed by atoms with Crippen LogP contribution in [0.2, 0.25) is 43.8 Å². The second kappa shape index (κ2) is 10.9. The molecule has 2 atom stereocenters. The van der Waals surface area contributed by atoms with Crippen molar-refractivity contribution in [1.82, 2.24) is 25.1 Å². The fraction of sp³-hybridized carbons (Fsp3) is 0.783. The van der Waals surface area contributed by atoms with Gasteiger partial charge < -0.3 is 9.16 Å². The molecule has 0 spiro atoms. The molecular formula is C23H41N5O4SSi2. The van der Waals surface area contributed by atoms with Crippen LogP contribution in [0.1, 0.15) is 40.0 Å². The van der Waals surface area contributed by atoms with Crippen LogP contribution in [0.4, 0.5) is 0 Å². The average Bonchev–Trinajstić information content (AvgIpc) is 3.35. The van der Waals surface area contributed by atoms with Gasteiger partial charge in [-0.25, -0.2) is 9.48 Å². The Morgan fingerprint density at radius 1 is 1.17 bits per heavy atom. The van der Waals surface area contributed by atoms with Crippen molar-refractivity contribution in [3.05, 3.63) is 16.9 Å². The number of aromatic nitrogens is 4. The molecule has 0 aromatic carbocycles. The number of aryl methyl sites for hydroxylation is 1. The summed E-state index contributed by atoms with van der Waals surface area (Å²) in [5.74, 6) is -0.620. The average molecular weight is 540 g/mol. The molecule has 0 saturated carbocycles. The lowest BCUT2D eigenvalue weighted by Gasteiger charge is -2.45. The molecule has 3 rings (SSSR count). The largest absolute Gasteiger partial charge is 0.461 e. The predicted molar refractivity (Wildman–Crippen MR) is 143 cm³/mol. The molecular weight excluding hydrogens is 499 g/mol. The maximum absolute atomic E-state index is 13.2. The normalized spacial score (nSPS) is 20.8. The Morgan fingerprint density at radius 3 is 2.49 bits per heavy atom. The molecule has 0 N–H and O–H groups in total. The van der Waals surface area contributed by atoms with Gasteiger partial charge in [0.15, 0.2) is 8.32 Å². The van der Waals surface area contributed by atoms with E-state index in [2.05, 4.69) is 69.0 Å². The number of tetrazole rings is 1. The van der Waals surface area contributed by atoms with Gasteiger partial charge in [-0.3, -0.25) is 9.69 Å². The first-order chi connectivity index (χ1) is 16.2. The van der Waals surface area contributed by atoms with Crippen molar-refractivity contribution in [1.29, 1.82) is 0 Å². The molecule has 0 aliphatic carbocycles. The Kier molecular flexibility index (Phi) is 8.70. The third-order valence-corrected chi connectivity index (χ3v) is 14.7. The van der Waals surface area contributed by atoms with Gasteiger partial charge in [0.1, 0.15) is 17.4 Å². The Hall–Kier alpha value is -1.51. The minimum absolute atomic E-state index is 0.0259. The number of esters is 1. The van der Waals surface area contributed by atoms with Crippen LogP contribution >= 0.6 is 11.8 Å². The smallest absolute Gasteiger partial charge is 0.355 e. The number of carbonyl (C=O) groups is 2. The van der Waals surface area contributed by atoms with Crippen molar-refractivity contribution < 1.29 is 18.8 Å². The molecule has 1 aromatic rings. The van der Waals surface area contributed by atoms with Crippen molar-refractivity contribution in [2.24, 2.45) is 5.92 Å². The highest BCUT2D eigenvalue weighted by Crippen LogP contribution is 2.51. The lowest BCUT2D eigenvalue weighted by molar-refractivity contribution is -0.155. The zero-order valence-electron chi connectivity index (χ0n) is 22.5. The van der Waals surface area contributed by atoms with Gasteiger partial charge in [-0.1, -0.05) is 40.4 Å². The predicted octanol–water partition coefficient (Wildman–Crippen LogP) is 4.49. The van der Waals surface area contributed by atoms with Crippen molar-refractivity contribution in [2.45, 2.75) is 95.8 Å². The van der Waals surface area contributed by atoms with E-state index in [1.165, 1.54) is 0 Å². The number of nitrogens with zero attached hydrogens (tertiary/aromatic N) is 5. The quantitative estimate of drug-likeness (QED) is 0.166. The summed E-state index contributed by atoms with van der Waals surface area (Å²) in [6.07, 6.45) is 4.07. The summed E-state index contributed by atoms with van der Waals surface area (Å²) in [4.78, 5) is 28.9. The van der Waals surface area contributed by atoms with Crippen LogP contribution in [-0.4, -0.2) is 72.0 Å². The molecule has 9 nitrogen and oxygen atoms in total. The van der Waals surface area contributed by atoms with Gasteiger partial charge in [0.2, 0.25) is 5.91 Å². The van der Waals surface area contributed by atoms with E-state index < -0.39 is 16.4 Å².